The van der Waals surface area contributed by atoms with E-state index in [2.05, 4.69) is 19.1 Å². The zero-order valence-corrected chi connectivity index (χ0v) is 17.7. The second-order valence-corrected chi connectivity index (χ2v) is 7.85. The van der Waals surface area contributed by atoms with Gasteiger partial charge in [-0.1, -0.05) is 109 Å². The van der Waals surface area contributed by atoms with E-state index in [-0.39, 0.29) is 29.6 Å². The monoisotopic (exact) mass is 390 g/mol. The van der Waals surface area contributed by atoms with Crippen molar-refractivity contribution in [3.8, 4) is 0 Å². The molecule has 0 radical (unpaired) electrons. The molecule has 0 heterocycles. The van der Waals surface area contributed by atoms with Gasteiger partial charge in [0.1, 0.15) is 0 Å². The molecule has 0 unspecified atom stereocenters. The molecule has 1 N–H and O–H groups in total. The van der Waals surface area contributed by atoms with Gasteiger partial charge in [-0.15, -0.1) is 0 Å². The summed E-state index contributed by atoms with van der Waals surface area (Å²) in [5.41, 5.74) is 0. The van der Waals surface area contributed by atoms with Crippen LogP contribution in [0.3, 0.4) is 0 Å². The van der Waals surface area contributed by atoms with Crippen molar-refractivity contribution in [2.45, 2.75) is 135 Å². The summed E-state index contributed by atoms with van der Waals surface area (Å²) < 4.78 is 0. The molecule has 0 aliphatic heterocycles. The molecule has 156 valence electrons. The molecule has 0 aromatic carbocycles. The summed E-state index contributed by atoms with van der Waals surface area (Å²) in [6, 6.07) is 0. The van der Waals surface area contributed by atoms with Crippen molar-refractivity contribution < 1.29 is 9.90 Å². The van der Waals surface area contributed by atoms with Gasteiger partial charge >= 0.3 is 35.5 Å². The molecule has 0 aliphatic rings. The molecule has 0 saturated heterocycles. The van der Waals surface area contributed by atoms with E-state index in [1.165, 1.54) is 109 Å². The van der Waals surface area contributed by atoms with Crippen LogP contribution >= 0.6 is 0 Å². The Bertz CT molecular complexity index is 316. The molecule has 27 heavy (non-hydrogen) atoms. The molecule has 0 fully saturated rings. The van der Waals surface area contributed by atoms with E-state index in [0.717, 1.165) is 12.8 Å². The van der Waals surface area contributed by atoms with Gasteiger partial charge in [0.2, 0.25) is 0 Å². The van der Waals surface area contributed by atoms with Crippen molar-refractivity contribution >= 4 is 35.5 Å². The summed E-state index contributed by atoms with van der Waals surface area (Å²) in [7, 11) is 0. The average molecular weight is 391 g/mol. The number of hydrogen-bond donors (Lipinski definition) is 1. The minimum atomic E-state index is -0.654. The number of unbranched alkanes of at least 4 members (excludes halogenated alkanes) is 17. The third kappa shape index (κ3) is 28.5. The Morgan fingerprint density at radius 1 is 0.593 bits per heavy atom. The van der Waals surface area contributed by atoms with Crippen LogP contribution in [0.1, 0.15) is 135 Å². The normalized spacial score (nSPS) is 11.0. The van der Waals surface area contributed by atoms with Gasteiger partial charge < -0.3 is 5.11 Å². The van der Waals surface area contributed by atoms with Crippen LogP contribution in [-0.2, 0) is 4.79 Å². The standard InChI is InChI=1S/C24H46O2.Na.H/c1-2-3-4-5-6-7-8-9-10-11-12-13-14-15-16-17-18-19-20-21-22-23-24(25)26;;/h9-10H,2-8,11-23H2,1H3,(H,25,26);;/b10-9-;;. The molecule has 0 amide bonds. The molecule has 0 aromatic rings. The SMILES string of the molecule is CCCCCCCC/C=C\CCCCCCCCCCCCCC(=O)O.[NaH]. The summed E-state index contributed by atoms with van der Waals surface area (Å²) in [6.07, 6.45) is 30.1. The number of hydrogen-bond acceptors (Lipinski definition) is 1. The molecule has 0 rings (SSSR count). The molecular weight excluding hydrogens is 343 g/mol. The van der Waals surface area contributed by atoms with E-state index in [4.69, 9.17) is 5.11 Å². The van der Waals surface area contributed by atoms with Crippen molar-refractivity contribution in [3.63, 3.8) is 0 Å². The Hall–Kier alpha value is 0.210. The van der Waals surface area contributed by atoms with Gasteiger partial charge in [0.15, 0.2) is 0 Å². The predicted molar refractivity (Wildman–Crippen MR) is 122 cm³/mol. The summed E-state index contributed by atoms with van der Waals surface area (Å²) in [5, 5.41) is 8.57. The van der Waals surface area contributed by atoms with Crippen LogP contribution in [0.5, 0.6) is 0 Å². The molecule has 3 heteroatoms. The van der Waals surface area contributed by atoms with Crippen molar-refractivity contribution in [1.29, 1.82) is 0 Å². The first kappa shape index (κ1) is 29.4. The van der Waals surface area contributed by atoms with Crippen LogP contribution < -0.4 is 0 Å². The van der Waals surface area contributed by atoms with E-state index in [1.54, 1.807) is 0 Å². The molecule has 0 atom stereocenters. The molecule has 0 spiro atoms. The van der Waals surface area contributed by atoms with Crippen molar-refractivity contribution in [2.75, 3.05) is 0 Å². The fraction of sp³-hybridized carbons (Fsp3) is 0.875. The first-order valence-electron chi connectivity index (χ1n) is 11.6. The van der Waals surface area contributed by atoms with E-state index in [1.807, 2.05) is 0 Å². The van der Waals surface area contributed by atoms with Crippen LogP contribution in [0.15, 0.2) is 12.2 Å². The molecule has 0 aromatic heterocycles. The van der Waals surface area contributed by atoms with Crippen molar-refractivity contribution in [1.82, 2.24) is 0 Å². The molecular formula is C24H47NaO2. The molecule has 0 bridgehead atoms. The van der Waals surface area contributed by atoms with E-state index in [9.17, 15) is 4.79 Å². The van der Waals surface area contributed by atoms with Crippen molar-refractivity contribution in [2.24, 2.45) is 0 Å². The van der Waals surface area contributed by atoms with E-state index < -0.39 is 5.97 Å². The number of aliphatic carboxylic acids is 1. The zero-order valence-electron chi connectivity index (χ0n) is 17.7. The number of carboxylic acids is 1. The van der Waals surface area contributed by atoms with Crippen LogP contribution in [0.4, 0.5) is 0 Å². The fourth-order valence-corrected chi connectivity index (χ4v) is 3.41. The number of rotatable bonds is 21. The van der Waals surface area contributed by atoms with Gasteiger partial charge in [-0.25, -0.2) is 0 Å². The summed E-state index contributed by atoms with van der Waals surface area (Å²) in [6.45, 7) is 2.28. The maximum atomic E-state index is 10.4. The zero-order chi connectivity index (χ0) is 19.1. The van der Waals surface area contributed by atoms with Crippen LogP contribution in [0, 0.1) is 0 Å². The third-order valence-corrected chi connectivity index (χ3v) is 5.15. The number of carboxylic acid groups (broad SMARTS) is 1. The second kappa shape index (κ2) is 26.2. The Kier molecular flexibility index (Phi) is 28.6. The van der Waals surface area contributed by atoms with E-state index in [0.29, 0.717) is 6.42 Å². The third-order valence-electron chi connectivity index (χ3n) is 5.15. The first-order chi connectivity index (χ1) is 12.8. The molecule has 0 saturated carbocycles. The van der Waals surface area contributed by atoms with Gasteiger partial charge in [-0.3, -0.25) is 4.79 Å². The summed E-state index contributed by atoms with van der Waals surface area (Å²) >= 11 is 0. The Labute approximate surface area is 192 Å². The molecule has 2 nitrogen and oxygen atoms in total. The number of carbonyl (C=O) groups is 1. The minimum absolute atomic E-state index is 0. The number of allylic oxidation sites excluding steroid dienone is 2. The van der Waals surface area contributed by atoms with E-state index >= 15 is 0 Å². The van der Waals surface area contributed by atoms with Crippen LogP contribution in [0.25, 0.3) is 0 Å². The summed E-state index contributed by atoms with van der Waals surface area (Å²) in [5.74, 6) is -0.654. The fourth-order valence-electron chi connectivity index (χ4n) is 3.41. The topological polar surface area (TPSA) is 37.3 Å². The average Bonchev–Trinajstić information content (AvgIpc) is 2.62. The first-order valence-corrected chi connectivity index (χ1v) is 11.6. The van der Waals surface area contributed by atoms with Gasteiger partial charge in [0.05, 0.1) is 0 Å². The Morgan fingerprint density at radius 2 is 0.926 bits per heavy atom. The van der Waals surface area contributed by atoms with Crippen LogP contribution in [0.2, 0.25) is 0 Å². The Balaban J connectivity index is 0. The van der Waals surface area contributed by atoms with Gasteiger partial charge in [0, 0.05) is 6.42 Å². The molecule has 0 aliphatic carbocycles. The Morgan fingerprint density at radius 3 is 1.30 bits per heavy atom. The summed E-state index contributed by atoms with van der Waals surface area (Å²) in [4.78, 5) is 10.4. The van der Waals surface area contributed by atoms with Gasteiger partial charge in [-0.2, -0.15) is 0 Å². The second-order valence-electron chi connectivity index (χ2n) is 7.85. The van der Waals surface area contributed by atoms with Gasteiger partial charge in [0.25, 0.3) is 0 Å². The van der Waals surface area contributed by atoms with Gasteiger partial charge in [-0.05, 0) is 32.1 Å². The van der Waals surface area contributed by atoms with Crippen LogP contribution in [-0.4, -0.2) is 40.6 Å². The predicted octanol–water partition coefficient (Wildman–Crippen LogP) is 7.80. The quantitative estimate of drug-likeness (QED) is 0.123. The maximum absolute atomic E-state index is 10.4. The van der Waals surface area contributed by atoms with Crippen molar-refractivity contribution in [3.05, 3.63) is 12.2 Å².